The maximum absolute atomic E-state index is 13.6. The summed E-state index contributed by atoms with van der Waals surface area (Å²) in [6.45, 7) is 0.316. The Kier molecular flexibility index (Phi) is 3.27. The van der Waals surface area contributed by atoms with Gasteiger partial charge in [-0.15, -0.1) is 0 Å². The van der Waals surface area contributed by atoms with E-state index >= 15 is 0 Å². The van der Waals surface area contributed by atoms with Crippen LogP contribution in [0.15, 0.2) is 30.6 Å². The first kappa shape index (κ1) is 12.1. The van der Waals surface area contributed by atoms with E-state index in [1.54, 1.807) is 30.2 Å². The van der Waals surface area contributed by atoms with Gasteiger partial charge in [0.25, 0.3) is 0 Å². The Morgan fingerprint density at radius 3 is 2.89 bits per heavy atom. The molecule has 1 heterocycles. The molecule has 0 radical (unpaired) electrons. The van der Waals surface area contributed by atoms with Crippen LogP contribution in [0, 0.1) is 5.82 Å². The number of aromatic nitrogens is 2. The lowest BCUT2D eigenvalue weighted by molar-refractivity contribution is 0.1000. The summed E-state index contributed by atoms with van der Waals surface area (Å²) in [5.41, 5.74) is 6.50. The van der Waals surface area contributed by atoms with Crippen molar-refractivity contribution in [2.24, 2.45) is 12.8 Å². The van der Waals surface area contributed by atoms with Crippen LogP contribution in [-0.4, -0.2) is 15.7 Å². The Hall–Kier alpha value is -2.37. The van der Waals surface area contributed by atoms with E-state index in [0.717, 1.165) is 11.8 Å². The largest absolute Gasteiger partial charge is 0.378 e. The number of nitrogens with one attached hydrogen (secondary N) is 1. The summed E-state index contributed by atoms with van der Waals surface area (Å²) in [6.07, 6.45) is 3.44. The lowest BCUT2D eigenvalue weighted by Crippen LogP contribution is -2.12. The molecule has 0 saturated carbocycles. The first-order valence-corrected chi connectivity index (χ1v) is 5.37. The number of rotatable bonds is 4. The molecule has 1 amide bonds. The number of aryl methyl sites for hydroxylation is 1. The van der Waals surface area contributed by atoms with Crippen molar-refractivity contribution < 1.29 is 9.18 Å². The van der Waals surface area contributed by atoms with Crippen LogP contribution >= 0.6 is 0 Å². The van der Waals surface area contributed by atoms with Crippen LogP contribution in [0.2, 0.25) is 0 Å². The van der Waals surface area contributed by atoms with E-state index in [1.807, 2.05) is 0 Å². The van der Waals surface area contributed by atoms with E-state index < -0.39 is 11.7 Å². The minimum Gasteiger partial charge on any atom is -0.378 e. The van der Waals surface area contributed by atoms with E-state index in [0.29, 0.717) is 12.1 Å². The minimum absolute atomic E-state index is 0.164. The summed E-state index contributed by atoms with van der Waals surface area (Å²) in [5.74, 6) is -1.09. The fourth-order valence-electron chi connectivity index (χ4n) is 1.55. The number of anilines is 1. The monoisotopic (exact) mass is 248 g/mol. The van der Waals surface area contributed by atoms with Crippen molar-refractivity contribution in [3.63, 3.8) is 0 Å². The summed E-state index contributed by atoms with van der Waals surface area (Å²) in [4.78, 5) is 10.9. The van der Waals surface area contributed by atoms with Gasteiger partial charge in [-0.05, 0) is 12.1 Å². The van der Waals surface area contributed by atoms with Gasteiger partial charge < -0.3 is 11.1 Å². The fourth-order valence-corrected chi connectivity index (χ4v) is 1.55. The zero-order chi connectivity index (χ0) is 13.1. The number of carbonyl (C=O) groups is 1. The second kappa shape index (κ2) is 4.87. The van der Waals surface area contributed by atoms with E-state index in [4.69, 9.17) is 5.73 Å². The summed E-state index contributed by atoms with van der Waals surface area (Å²) in [7, 11) is 1.80. The molecule has 94 valence electrons. The number of halogens is 1. The molecule has 0 fully saturated rings. The Labute approximate surface area is 103 Å². The summed E-state index contributed by atoms with van der Waals surface area (Å²) in [5, 5.41) is 7.02. The van der Waals surface area contributed by atoms with Crippen molar-refractivity contribution in [3.8, 4) is 0 Å². The summed E-state index contributed by atoms with van der Waals surface area (Å²) in [6, 6.07) is 4.19. The highest BCUT2D eigenvalue weighted by molar-refractivity contribution is 5.92. The standard InChI is InChI=1S/C12H13FN4O/c1-17-7-10(6-16-17)15-5-9-3-2-8(12(14)18)4-11(9)13/h2-4,6-7,15H,5H2,1H3,(H2,14,18). The Morgan fingerprint density at radius 2 is 2.33 bits per heavy atom. The van der Waals surface area contributed by atoms with Gasteiger partial charge in [-0.1, -0.05) is 6.07 Å². The highest BCUT2D eigenvalue weighted by atomic mass is 19.1. The van der Waals surface area contributed by atoms with Gasteiger partial charge in [0, 0.05) is 30.9 Å². The van der Waals surface area contributed by atoms with Crippen molar-refractivity contribution in [2.45, 2.75) is 6.54 Å². The number of hydrogen-bond acceptors (Lipinski definition) is 3. The second-order valence-corrected chi connectivity index (χ2v) is 3.93. The summed E-state index contributed by atoms with van der Waals surface area (Å²) < 4.78 is 15.3. The van der Waals surface area contributed by atoms with Crippen molar-refractivity contribution >= 4 is 11.6 Å². The average Bonchev–Trinajstić information content (AvgIpc) is 2.73. The Bertz CT molecular complexity index is 579. The van der Waals surface area contributed by atoms with Crippen LogP contribution in [-0.2, 0) is 13.6 Å². The van der Waals surface area contributed by atoms with Gasteiger partial charge in [0.15, 0.2) is 0 Å². The molecule has 0 aliphatic carbocycles. The molecular weight excluding hydrogens is 235 g/mol. The van der Waals surface area contributed by atoms with Gasteiger partial charge in [0.1, 0.15) is 5.82 Å². The molecule has 0 unspecified atom stereocenters. The van der Waals surface area contributed by atoms with Crippen molar-refractivity contribution in [3.05, 3.63) is 47.5 Å². The van der Waals surface area contributed by atoms with Crippen LogP contribution < -0.4 is 11.1 Å². The molecule has 1 aromatic carbocycles. The predicted molar refractivity (Wildman–Crippen MR) is 65.5 cm³/mol. The van der Waals surface area contributed by atoms with Gasteiger partial charge in [0.2, 0.25) is 5.91 Å². The molecule has 0 atom stereocenters. The topological polar surface area (TPSA) is 72.9 Å². The molecular formula is C12H13FN4O. The number of carbonyl (C=O) groups excluding carboxylic acids is 1. The SMILES string of the molecule is Cn1cc(NCc2ccc(C(N)=O)cc2F)cn1. The predicted octanol–water partition coefficient (Wildman–Crippen LogP) is 1.27. The highest BCUT2D eigenvalue weighted by Crippen LogP contribution is 2.13. The molecule has 18 heavy (non-hydrogen) atoms. The maximum atomic E-state index is 13.6. The molecule has 0 bridgehead atoms. The molecule has 0 spiro atoms. The third kappa shape index (κ3) is 2.65. The Morgan fingerprint density at radius 1 is 1.56 bits per heavy atom. The molecule has 1 aromatic heterocycles. The van der Waals surface area contributed by atoms with Gasteiger partial charge >= 0.3 is 0 Å². The lowest BCUT2D eigenvalue weighted by atomic mass is 10.1. The zero-order valence-corrected chi connectivity index (χ0v) is 9.85. The number of benzene rings is 1. The number of amides is 1. The molecule has 3 N–H and O–H groups in total. The molecule has 0 aliphatic rings. The summed E-state index contributed by atoms with van der Waals surface area (Å²) >= 11 is 0. The minimum atomic E-state index is -0.638. The molecule has 2 rings (SSSR count). The normalized spacial score (nSPS) is 10.3. The first-order chi connectivity index (χ1) is 8.56. The van der Waals surface area contributed by atoms with Crippen LogP contribution in [0.1, 0.15) is 15.9 Å². The zero-order valence-electron chi connectivity index (χ0n) is 9.85. The molecule has 5 nitrogen and oxygen atoms in total. The van der Waals surface area contributed by atoms with Gasteiger partial charge in [-0.3, -0.25) is 9.48 Å². The van der Waals surface area contributed by atoms with E-state index in [-0.39, 0.29) is 5.56 Å². The van der Waals surface area contributed by atoms with Crippen LogP contribution in [0.25, 0.3) is 0 Å². The van der Waals surface area contributed by atoms with Gasteiger partial charge in [-0.25, -0.2) is 4.39 Å². The van der Waals surface area contributed by atoms with Crippen LogP contribution in [0.4, 0.5) is 10.1 Å². The third-order valence-corrected chi connectivity index (χ3v) is 2.53. The molecule has 0 saturated heterocycles. The van der Waals surface area contributed by atoms with Crippen LogP contribution in [0.5, 0.6) is 0 Å². The Balaban J connectivity index is 2.08. The number of primary amides is 1. The number of hydrogen-bond donors (Lipinski definition) is 2. The lowest BCUT2D eigenvalue weighted by Gasteiger charge is -2.06. The van der Waals surface area contributed by atoms with Crippen molar-refractivity contribution in [1.29, 1.82) is 0 Å². The highest BCUT2D eigenvalue weighted by Gasteiger charge is 2.07. The van der Waals surface area contributed by atoms with E-state index in [2.05, 4.69) is 10.4 Å². The van der Waals surface area contributed by atoms with E-state index in [1.165, 1.54) is 6.07 Å². The smallest absolute Gasteiger partial charge is 0.248 e. The van der Waals surface area contributed by atoms with Gasteiger partial charge in [0.05, 0.1) is 11.9 Å². The molecule has 0 aliphatic heterocycles. The van der Waals surface area contributed by atoms with Gasteiger partial charge in [-0.2, -0.15) is 5.10 Å². The maximum Gasteiger partial charge on any atom is 0.248 e. The average molecular weight is 248 g/mol. The van der Waals surface area contributed by atoms with Crippen molar-refractivity contribution in [1.82, 2.24) is 9.78 Å². The van der Waals surface area contributed by atoms with Crippen LogP contribution in [0.3, 0.4) is 0 Å². The first-order valence-electron chi connectivity index (χ1n) is 5.37. The molecule has 6 heteroatoms. The number of nitrogens with zero attached hydrogens (tertiary/aromatic N) is 2. The van der Waals surface area contributed by atoms with E-state index in [9.17, 15) is 9.18 Å². The fraction of sp³-hybridized carbons (Fsp3) is 0.167. The molecule has 2 aromatic rings. The second-order valence-electron chi connectivity index (χ2n) is 3.93. The number of nitrogens with two attached hydrogens (primary N) is 1. The quantitative estimate of drug-likeness (QED) is 0.855. The third-order valence-electron chi connectivity index (χ3n) is 2.53. The van der Waals surface area contributed by atoms with Crippen molar-refractivity contribution in [2.75, 3.05) is 5.32 Å².